The lowest BCUT2D eigenvalue weighted by Crippen LogP contribution is -2.44. The van der Waals surface area contributed by atoms with Crippen LogP contribution in [0, 0.1) is 0 Å². The zero-order valence-electron chi connectivity index (χ0n) is 9.21. The highest BCUT2D eigenvalue weighted by Gasteiger charge is 2.20. The Hall–Kier alpha value is -1.17. The van der Waals surface area contributed by atoms with E-state index in [4.69, 9.17) is 0 Å². The first-order valence-corrected chi connectivity index (χ1v) is 6.01. The zero-order valence-corrected chi connectivity index (χ0v) is 10.8. The average molecular weight is 288 g/mol. The van der Waals surface area contributed by atoms with Gasteiger partial charge in [-0.05, 0) is 26.3 Å². The molecule has 0 aliphatic heterocycles. The highest BCUT2D eigenvalue weighted by molar-refractivity contribution is 9.09. The molecule has 0 aromatic carbocycles. The quantitative estimate of drug-likeness (QED) is 0.814. The van der Waals surface area contributed by atoms with Crippen molar-refractivity contribution in [2.24, 2.45) is 0 Å². The van der Waals surface area contributed by atoms with E-state index in [1.165, 1.54) is 12.1 Å². The fourth-order valence-corrected chi connectivity index (χ4v) is 2.13. The normalized spacial score (nSPS) is 11.2. The predicted octanol–water partition coefficient (Wildman–Crippen LogP) is 1.06. The summed E-state index contributed by atoms with van der Waals surface area (Å²) >= 11 is 3.33. The smallest absolute Gasteiger partial charge is 0.272 e. The third-order valence-corrected chi connectivity index (χ3v) is 2.48. The number of alkyl halides is 1. The molecular weight excluding hydrogens is 274 g/mol. The van der Waals surface area contributed by atoms with E-state index in [1.54, 1.807) is 0 Å². The number of hydrogen-bond donors (Lipinski definition) is 2. The SMILES string of the molecule is CC(C)(CCBr)NC(=O)c1ccc(=O)[nH]n1. The molecule has 88 valence electrons. The van der Waals surface area contributed by atoms with Crippen molar-refractivity contribution in [3.05, 3.63) is 28.2 Å². The number of carbonyl (C=O) groups excluding carboxylic acids is 1. The van der Waals surface area contributed by atoms with Crippen molar-refractivity contribution in [3.8, 4) is 0 Å². The Morgan fingerprint density at radius 1 is 1.56 bits per heavy atom. The minimum absolute atomic E-state index is 0.210. The molecule has 1 rings (SSSR count). The first-order chi connectivity index (χ1) is 7.44. The highest BCUT2D eigenvalue weighted by Crippen LogP contribution is 2.10. The molecule has 1 aromatic heterocycles. The van der Waals surface area contributed by atoms with Crippen molar-refractivity contribution >= 4 is 21.8 Å². The van der Waals surface area contributed by atoms with Gasteiger partial charge in [-0.3, -0.25) is 9.59 Å². The maximum Gasteiger partial charge on any atom is 0.272 e. The van der Waals surface area contributed by atoms with Gasteiger partial charge in [0.15, 0.2) is 0 Å². The van der Waals surface area contributed by atoms with Crippen molar-refractivity contribution in [1.29, 1.82) is 0 Å². The van der Waals surface area contributed by atoms with Crippen LogP contribution in [0.4, 0.5) is 0 Å². The van der Waals surface area contributed by atoms with Crippen LogP contribution < -0.4 is 10.9 Å². The lowest BCUT2D eigenvalue weighted by atomic mass is 10.0. The van der Waals surface area contributed by atoms with E-state index in [1.807, 2.05) is 13.8 Å². The summed E-state index contributed by atoms with van der Waals surface area (Å²) in [5.41, 5.74) is -0.420. The number of H-pyrrole nitrogens is 1. The van der Waals surface area contributed by atoms with Gasteiger partial charge >= 0.3 is 0 Å². The number of halogens is 1. The Morgan fingerprint density at radius 3 is 2.75 bits per heavy atom. The molecule has 0 saturated heterocycles. The fourth-order valence-electron chi connectivity index (χ4n) is 1.14. The predicted molar refractivity (Wildman–Crippen MR) is 64.8 cm³/mol. The molecule has 0 spiro atoms. The van der Waals surface area contributed by atoms with Crippen molar-refractivity contribution in [2.75, 3.05) is 5.33 Å². The van der Waals surface area contributed by atoms with Crippen LogP contribution >= 0.6 is 15.9 Å². The third-order valence-electron chi connectivity index (χ3n) is 2.08. The molecule has 5 nitrogen and oxygen atoms in total. The molecule has 0 aliphatic carbocycles. The van der Waals surface area contributed by atoms with E-state index in [2.05, 4.69) is 31.4 Å². The van der Waals surface area contributed by atoms with Crippen molar-refractivity contribution in [2.45, 2.75) is 25.8 Å². The van der Waals surface area contributed by atoms with E-state index in [0.29, 0.717) is 0 Å². The number of aromatic nitrogens is 2. The van der Waals surface area contributed by atoms with Crippen LogP contribution in [0.5, 0.6) is 0 Å². The van der Waals surface area contributed by atoms with Gasteiger partial charge in [0.25, 0.3) is 11.5 Å². The Balaban J connectivity index is 2.72. The highest BCUT2D eigenvalue weighted by atomic mass is 79.9. The minimum atomic E-state index is -0.323. The van der Waals surface area contributed by atoms with Gasteiger partial charge in [0.05, 0.1) is 0 Å². The largest absolute Gasteiger partial charge is 0.346 e. The van der Waals surface area contributed by atoms with Crippen LogP contribution in [-0.2, 0) is 0 Å². The van der Waals surface area contributed by atoms with E-state index in [-0.39, 0.29) is 22.7 Å². The maximum absolute atomic E-state index is 11.7. The number of amides is 1. The summed E-state index contributed by atoms with van der Waals surface area (Å²) in [6.07, 6.45) is 0.808. The Morgan fingerprint density at radius 2 is 2.25 bits per heavy atom. The van der Waals surface area contributed by atoms with E-state index in [9.17, 15) is 9.59 Å². The van der Waals surface area contributed by atoms with Gasteiger partial charge in [0.2, 0.25) is 0 Å². The monoisotopic (exact) mass is 287 g/mol. The van der Waals surface area contributed by atoms with Gasteiger partial charge in [0, 0.05) is 16.9 Å². The second-order valence-corrected chi connectivity index (χ2v) is 4.88. The van der Waals surface area contributed by atoms with Crippen molar-refractivity contribution in [3.63, 3.8) is 0 Å². The molecule has 0 aliphatic rings. The van der Waals surface area contributed by atoms with Crippen LogP contribution in [0.3, 0.4) is 0 Å². The van der Waals surface area contributed by atoms with Gasteiger partial charge in [-0.15, -0.1) is 0 Å². The van der Waals surface area contributed by atoms with Crippen LogP contribution in [0.2, 0.25) is 0 Å². The molecular formula is C10H14BrN3O2. The molecule has 16 heavy (non-hydrogen) atoms. The molecule has 6 heteroatoms. The van der Waals surface area contributed by atoms with E-state index in [0.717, 1.165) is 11.8 Å². The molecule has 0 fully saturated rings. The topological polar surface area (TPSA) is 74.8 Å². The summed E-state index contributed by atoms with van der Waals surface area (Å²) in [5, 5.41) is 9.53. The van der Waals surface area contributed by atoms with Gasteiger partial charge < -0.3 is 5.32 Å². The van der Waals surface area contributed by atoms with Gasteiger partial charge in [-0.1, -0.05) is 15.9 Å². The summed E-state index contributed by atoms with van der Waals surface area (Å²) in [5.74, 6) is -0.290. The second-order valence-electron chi connectivity index (χ2n) is 4.08. The second kappa shape index (κ2) is 5.25. The first-order valence-electron chi connectivity index (χ1n) is 4.89. The molecule has 0 atom stereocenters. The Kier molecular flexibility index (Phi) is 4.23. The van der Waals surface area contributed by atoms with Crippen LogP contribution in [0.1, 0.15) is 30.8 Å². The standard InChI is InChI=1S/C10H14BrN3O2/c1-10(2,5-6-11)12-9(16)7-3-4-8(15)14-13-7/h3-4H,5-6H2,1-2H3,(H,12,16)(H,14,15). The number of aromatic amines is 1. The molecule has 2 N–H and O–H groups in total. The van der Waals surface area contributed by atoms with Gasteiger partial charge in [0.1, 0.15) is 5.69 Å². The summed E-state index contributed by atoms with van der Waals surface area (Å²) in [6, 6.07) is 2.68. The fraction of sp³-hybridized carbons (Fsp3) is 0.500. The molecule has 0 radical (unpaired) electrons. The lowest BCUT2D eigenvalue weighted by Gasteiger charge is -2.24. The zero-order chi connectivity index (χ0) is 12.2. The number of carbonyl (C=O) groups is 1. The number of rotatable bonds is 4. The van der Waals surface area contributed by atoms with Crippen LogP contribution in [0.25, 0.3) is 0 Å². The lowest BCUT2D eigenvalue weighted by molar-refractivity contribution is 0.0905. The molecule has 1 aromatic rings. The number of hydrogen-bond acceptors (Lipinski definition) is 3. The Labute approximate surface area is 102 Å². The van der Waals surface area contributed by atoms with Crippen LogP contribution in [-0.4, -0.2) is 27.0 Å². The molecule has 1 amide bonds. The maximum atomic E-state index is 11.7. The minimum Gasteiger partial charge on any atom is -0.346 e. The summed E-state index contributed by atoms with van der Waals surface area (Å²) in [7, 11) is 0. The van der Waals surface area contributed by atoms with Gasteiger partial charge in [-0.2, -0.15) is 5.10 Å². The van der Waals surface area contributed by atoms with E-state index < -0.39 is 0 Å². The number of nitrogens with zero attached hydrogens (tertiary/aromatic N) is 1. The van der Waals surface area contributed by atoms with Crippen molar-refractivity contribution in [1.82, 2.24) is 15.5 Å². The molecule has 1 heterocycles. The Bertz CT molecular complexity index is 408. The summed E-state index contributed by atoms with van der Waals surface area (Å²) in [4.78, 5) is 22.5. The van der Waals surface area contributed by atoms with Gasteiger partial charge in [-0.25, -0.2) is 5.10 Å². The van der Waals surface area contributed by atoms with Crippen LogP contribution in [0.15, 0.2) is 16.9 Å². The third kappa shape index (κ3) is 3.77. The summed E-state index contributed by atoms with van der Waals surface area (Å²) < 4.78 is 0. The molecule has 0 unspecified atom stereocenters. The average Bonchev–Trinajstić information content (AvgIpc) is 2.17. The molecule has 0 saturated carbocycles. The first kappa shape index (κ1) is 12.9. The van der Waals surface area contributed by atoms with Crippen molar-refractivity contribution < 1.29 is 4.79 Å². The number of nitrogens with one attached hydrogen (secondary N) is 2. The summed E-state index contributed by atoms with van der Waals surface area (Å²) in [6.45, 7) is 3.86. The molecule has 0 bridgehead atoms. The van der Waals surface area contributed by atoms with E-state index >= 15 is 0 Å².